The van der Waals surface area contributed by atoms with Crippen LogP contribution in [0.4, 0.5) is 0 Å². The Labute approximate surface area is 253 Å². The first-order valence-electron chi connectivity index (χ1n) is 14.8. The summed E-state index contributed by atoms with van der Waals surface area (Å²) in [6, 6.07) is 50.3. The van der Waals surface area contributed by atoms with Gasteiger partial charge in [-0.15, -0.1) is 0 Å². The quantitative estimate of drug-likeness (QED) is 0.231. The molecule has 6 aromatic carbocycles. The minimum atomic E-state index is -0.258. The molecule has 3 heterocycles. The summed E-state index contributed by atoms with van der Waals surface area (Å²) in [5.74, 6) is 1.49. The molecule has 1 unspecified atom stereocenters. The van der Waals surface area contributed by atoms with Gasteiger partial charge in [0.05, 0.1) is 11.0 Å². The van der Waals surface area contributed by atoms with Crippen molar-refractivity contribution in [2.24, 2.45) is 9.98 Å². The molecule has 8 aromatic rings. The van der Waals surface area contributed by atoms with Gasteiger partial charge < -0.3 is 14.3 Å². The summed E-state index contributed by atoms with van der Waals surface area (Å²) < 4.78 is 8.87. The standard InChI is InChI=1S/C39H26N4O/c1-3-12-25(13-4-1)37-40-38(26-14-5-2-6-15-26)42-39(41-37)27-16-11-17-28(24-27)43-33-20-9-7-18-29(33)31-22-23-32-30-19-8-10-21-34(30)44-36(32)35(31)43/h1-24,37H,(H,40,41,42). The maximum Gasteiger partial charge on any atom is 0.160 e. The first kappa shape index (κ1) is 24.6. The fraction of sp³-hybridized carbons (Fsp3) is 0.0256. The van der Waals surface area contributed by atoms with Gasteiger partial charge in [-0.05, 0) is 35.9 Å². The van der Waals surface area contributed by atoms with Crippen molar-refractivity contribution in [3.05, 3.63) is 162 Å². The zero-order valence-corrected chi connectivity index (χ0v) is 23.7. The lowest BCUT2D eigenvalue weighted by atomic mass is 10.1. The Balaban J connectivity index is 1.27. The highest BCUT2D eigenvalue weighted by Crippen LogP contribution is 2.40. The number of nitrogens with zero attached hydrogens (tertiary/aromatic N) is 3. The van der Waals surface area contributed by atoms with Crippen LogP contribution in [0, 0.1) is 0 Å². The van der Waals surface area contributed by atoms with Crippen molar-refractivity contribution in [2.75, 3.05) is 0 Å². The van der Waals surface area contributed by atoms with Gasteiger partial charge in [0.15, 0.2) is 11.4 Å². The fourth-order valence-electron chi connectivity index (χ4n) is 6.41. The molecule has 0 bridgehead atoms. The molecule has 0 saturated carbocycles. The van der Waals surface area contributed by atoms with Crippen LogP contribution in [0.1, 0.15) is 22.9 Å². The number of rotatable bonds is 4. The molecule has 0 radical (unpaired) electrons. The molecule has 2 aromatic heterocycles. The monoisotopic (exact) mass is 566 g/mol. The highest BCUT2D eigenvalue weighted by atomic mass is 16.3. The van der Waals surface area contributed by atoms with E-state index >= 15 is 0 Å². The predicted molar refractivity (Wildman–Crippen MR) is 180 cm³/mol. The number of fused-ring (bicyclic) bond motifs is 7. The highest BCUT2D eigenvalue weighted by molar-refractivity contribution is 6.21. The lowest BCUT2D eigenvalue weighted by Crippen LogP contribution is -2.33. The fourth-order valence-corrected chi connectivity index (χ4v) is 6.41. The summed E-state index contributed by atoms with van der Waals surface area (Å²) in [4.78, 5) is 10.2. The SMILES string of the molecule is c1ccc(C2=NC(c3cccc(-n4c5ccccc5c5ccc6c7ccccc7oc6c54)c3)=NC(c3ccccc3)N2)cc1. The van der Waals surface area contributed by atoms with Gasteiger partial charge in [-0.3, -0.25) is 0 Å². The van der Waals surface area contributed by atoms with Gasteiger partial charge in [0.2, 0.25) is 0 Å². The lowest BCUT2D eigenvalue weighted by Gasteiger charge is -2.23. The summed E-state index contributed by atoms with van der Waals surface area (Å²) in [6.07, 6.45) is -0.258. The third-order valence-electron chi connectivity index (χ3n) is 8.45. The van der Waals surface area contributed by atoms with Crippen molar-refractivity contribution in [3.8, 4) is 5.69 Å². The topological polar surface area (TPSA) is 54.8 Å². The van der Waals surface area contributed by atoms with Crippen LogP contribution in [0.15, 0.2) is 160 Å². The van der Waals surface area contributed by atoms with Crippen molar-refractivity contribution in [1.82, 2.24) is 9.88 Å². The first-order chi connectivity index (χ1) is 21.8. The first-order valence-corrected chi connectivity index (χ1v) is 14.8. The number of aliphatic imine (C=N–C) groups is 2. The molecular formula is C39H26N4O. The van der Waals surface area contributed by atoms with E-state index in [1.165, 1.54) is 5.39 Å². The summed E-state index contributed by atoms with van der Waals surface area (Å²) in [5.41, 5.74) is 8.02. The van der Waals surface area contributed by atoms with Crippen molar-refractivity contribution in [3.63, 3.8) is 0 Å². The maximum absolute atomic E-state index is 6.56. The summed E-state index contributed by atoms with van der Waals surface area (Å²) >= 11 is 0. The molecule has 5 nitrogen and oxygen atoms in total. The molecule has 44 heavy (non-hydrogen) atoms. The van der Waals surface area contributed by atoms with Crippen molar-refractivity contribution < 1.29 is 4.42 Å². The minimum absolute atomic E-state index is 0.258. The van der Waals surface area contributed by atoms with E-state index in [0.717, 1.165) is 66.6 Å². The van der Waals surface area contributed by atoms with E-state index in [-0.39, 0.29) is 6.17 Å². The van der Waals surface area contributed by atoms with Crippen LogP contribution < -0.4 is 5.32 Å². The van der Waals surface area contributed by atoms with Gasteiger partial charge in [0.1, 0.15) is 17.6 Å². The average Bonchev–Trinajstić information content (AvgIpc) is 3.65. The molecule has 208 valence electrons. The van der Waals surface area contributed by atoms with E-state index in [9.17, 15) is 0 Å². The van der Waals surface area contributed by atoms with Gasteiger partial charge in [-0.2, -0.15) is 0 Å². The molecular weight excluding hydrogens is 540 g/mol. The number of furan rings is 1. The van der Waals surface area contributed by atoms with Crippen LogP contribution in [-0.4, -0.2) is 16.2 Å². The minimum Gasteiger partial charge on any atom is -0.454 e. The van der Waals surface area contributed by atoms with Gasteiger partial charge in [-0.25, -0.2) is 9.98 Å². The molecule has 1 atom stereocenters. The van der Waals surface area contributed by atoms with Crippen LogP contribution in [0.25, 0.3) is 49.4 Å². The zero-order valence-electron chi connectivity index (χ0n) is 23.7. The van der Waals surface area contributed by atoms with Gasteiger partial charge in [-0.1, -0.05) is 115 Å². The smallest absolute Gasteiger partial charge is 0.160 e. The molecule has 1 N–H and O–H groups in total. The normalized spacial score (nSPS) is 15.0. The molecule has 1 aliphatic heterocycles. The van der Waals surface area contributed by atoms with Crippen LogP contribution in [0.2, 0.25) is 0 Å². The molecule has 9 rings (SSSR count). The molecule has 0 spiro atoms. The second-order valence-electron chi connectivity index (χ2n) is 11.1. The van der Waals surface area contributed by atoms with Crippen LogP contribution in [-0.2, 0) is 0 Å². The Morgan fingerprint density at radius 3 is 2.16 bits per heavy atom. The Hall–Kier alpha value is -5.94. The number of hydrogen-bond donors (Lipinski definition) is 1. The Kier molecular flexibility index (Phi) is 5.50. The lowest BCUT2D eigenvalue weighted by molar-refractivity contribution is 0.671. The zero-order chi connectivity index (χ0) is 29.0. The van der Waals surface area contributed by atoms with E-state index in [1.807, 2.05) is 48.5 Å². The van der Waals surface area contributed by atoms with Gasteiger partial charge in [0, 0.05) is 38.4 Å². The highest BCUT2D eigenvalue weighted by Gasteiger charge is 2.22. The third kappa shape index (κ3) is 3.87. The summed E-state index contributed by atoms with van der Waals surface area (Å²) in [5, 5.41) is 8.12. The third-order valence-corrected chi connectivity index (χ3v) is 8.45. The number of aromatic nitrogens is 1. The molecule has 5 heteroatoms. The van der Waals surface area contributed by atoms with E-state index < -0.39 is 0 Å². The maximum atomic E-state index is 6.56. The number of nitrogens with one attached hydrogen (secondary N) is 1. The van der Waals surface area contributed by atoms with Gasteiger partial charge in [0.25, 0.3) is 0 Å². The Morgan fingerprint density at radius 1 is 0.591 bits per heavy atom. The summed E-state index contributed by atoms with van der Waals surface area (Å²) in [7, 11) is 0. The van der Waals surface area contributed by atoms with E-state index in [0.29, 0.717) is 5.84 Å². The van der Waals surface area contributed by atoms with E-state index in [1.54, 1.807) is 0 Å². The number of amidine groups is 2. The summed E-state index contributed by atoms with van der Waals surface area (Å²) in [6.45, 7) is 0. The average molecular weight is 567 g/mol. The number of benzene rings is 6. The second kappa shape index (κ2) is 9.82. The van der Waals surface area contributed by atoms with Crippen molar-refractivity contribution in [1.29, 1.82) is 0 Å². The largest absolute Gasteiger partial charge is 0.454 e. The van der Waals surface area contributed by atoms with Crippen molar-refractivity contribution in [2.45, 2.75) is 6.17 Å². The molecule has 0 fully saturated rings. The molecule has 0 aliphatic carbocycles. The Morgan fingerprint density at radius 2 is 1.30 bits per heavy atom. The molecule has 1 aliphatic rings. The molecule has 0 saturated heterocycles. The number of para-hydroxylation sites is 2. The van der Waals surface area contributed by atoms with Crippen LogP contribution in [0.5, 0.6) is 0 Å². The van der Waals surface area contributed by atoms with E-state index in [4.69, 9.17) is 14.4 Å². The Bertz CT molecular complexity index is 2420. The van der Waals surface area contributed by atoms with Crippen LogP contribution in [0.3, 0.4) is 0 Å². The predicted octanol–water partition coefficient (Wildman–Crippen LogP) is 9.18. The van der Waals surface area contributed by atoms with E-state index in [2.05, 4.69) is 107 Å². The second-order valence-corrected chi connectivity index (χ2v) is 11.1. The van der Waals surface area contributed by atoms with Crippen LogP contribution >= 0.6 is 0 Å². The van der Waals surface area contributed by atoms with Crippen molar-refractivity contribution >= 4 is 55.4 Å². The number of hydrogen-bond acceptors (Lipinski definition) is 4. The molecule has 0 amide bonds. The van der Waals surface area contributed by atoms with Gasteiger partial charge >= 0.3 is 0 Å².